The van der Waals surface area contributed by atoms with E-state index < -0.39 is 0 Å². The summed E-state index contributed by atoms with van der Waals surface area (Å²) in [6.45, 7) is 5.35. The molecule has 0 aliphatic carbocycles. The second-order valence-electron chi connectivity index (χ2n) is 6.31. The largest absolute Gasteiger partial charge is 0.353 e. The van der Waals surface area contributed by atoms with Gasteiger partial charge in [0.1, 0.15) is 23.2 Å². The Morgan fingerprint density at radius 3 is 2.74 bits per heavy atom. The van der Waals surface area contributed by atoms with E-state index in [9.17, 15) is 0 Å². The van der Waals surface area contributed by atoms with Crippen LogP contribution in [0.15, 0.2) is 35.1 Å². The van der Waals surface area contributed by atoms with Crippen LogP contribution in [-0.2, 0) is 0 Å². The Kier molecular flexibility index (Phi) is 3.48. The first-order valence-electron chi connectivity index (χ1n) is 8.18. The van der Waals surface area contributed by atoms with Crippen molar-refractivity contribution in [3.8, 4) is 11.3 Å². The Bertz CT molecular complexity index is 825. The highest BCUT2D eigenvalue weighted by Crippen LogP contribution is 2.35. The lowest BCUT2D eigenvalue weighted by molar-refractivity contribution is 0.451. The Morgan fingerprint density at radius 1 is 1.13 bits per heavy atom. The van der Waals surface area contributed by atoms with Gasteiger partial charge in [-0.05, 0) is 33.1 Å². The average Bonchev–Trinajstić information content (AvgIpc) is 3.00. The summed E-state index contributed by atoms with van der Waals surface area (Å²) >= 11 is 0. The van der Waals surface area contributed by atoms with Crippen LogP contribution in [0, 0.1) is 6.92 Å². The van der Waals surface area contributed by atoms with Gasteiger partial charge in [-0.2, -0.15) is 4.98 Å². The molecule has 0 N–H and O–H groups in total. The van der Waals surface area contributed by atoms with Crippen molar-refractivity contribution in [1.82, 2.24) is 15.1 Å². The summed E-state index contributed by atoms with van der Waals surface area (Å²) in [5.74, 6) is 0.944. The van der Waals surface area contributed by atoms with Gasteiger partial charge in [0, 0.05) is 18.2 Å². The van der Waals surface area contributed by atoms with Gasteiger partial charge in [-0.25, -0.2) is 4.98 Å². The average molecular weight is 308 g/mol. The van der Waals surface area contributed by atoms with Crippen molar-refractivity contribution in [2.45, 2.75) is 39.2 Å². The summed E-state index contributed by atoms with van der Waals surface area (Å²) in [4.78, 5) is 11.2. The van der Waals surface area contributed by atoms with Crippen LogP contribution in [0.1, 0.15) is 31.7 Å². The van der Waals surface area contributed by atoms with E-state index in [0.717, 1.165) is 29.0 Å². The number of aryl methyl sites for hydroxylation is 1. The molecule has 5 heteroatoms. The van der Waals surface area contributed by atoms with Gasteiger partial charge >= 0.3 is 0 Å². The molecule has 4 rings (SSSR count). The maximum Gasteiger partial charge on any atom is 0.263 e. The van der Waals surface area contributed by atoms with Crippen LogP contribution in [0.5, 0.6) is 0 Å². The molecular weight excluding hydrogens is 288 g/mol. The predicted molar refractivity (Wildman–Crippen MR) is 90.4 cm³/mol. The first-order chi connectivity index (χ1) is 11.2. The minimum atomic E-state index is 0.475. The topological polar surface area (TPSA) is 55.1 Å². The predicted octanol–water partition coefficient (Wildman–Crippen LogP) is 3.97. The van der Waals surface area contributed by atoms with Gasteiger partial charge < -0.3 is 9.42 Å². The number of anilines is 1. The third-order valence-corrected chi connectivity index (χ3v) is 4.65. The van der Waals surface area contributed by atoms with Crippen molar-refractivity contribution in [3.05, 3.63) is 36.2 Å². The van der Waals surface area contributed by atoms with Crippen LogP contribution in [0.25, 0.3) is 22.4 Å². The van der Waals surface area contributed by atoms with Crippen molar-refractivity contribution >= 4 is 16.9 Å². The lowest BCUT2D eigenvalue weighted by atomic mass is 10.0. The standard InChI is InChI=1S/C18H20N4O/c1-12-6-8-14(9-7-12)16-15-17(19-11-20-18(15)23-21-16)22-10-4-3-5-13(22)2/h6-9,11,13H,3-5,10H2,1-2H3/t13-/m0/s1. The molecule has 118 valence electrons. The fourth-order valence-electron chi connectivity index (χ4n) is 3.31. The van der Waals surface area contributed by atoms with Crippen LogP contribution in [0.2, 0.25) is 0 Å². The third-order valence-electron chi connectivity index (χ3n) is 4.65. The van der Waals surface area contributed by atoms with E-state index in [1.807, 2.05) is 0 Å². The van der Waals surface area contributed by atoms with E-state index in [1.54, 1.807) is 6.33 Å². The molecule has 0 saturated carbocycles. The summed E-state index contributed by atoms with van der Waals surface area (Å²) < 4.78 is 5.47. The molecule has 0 unspecified atom stereocenters. The van der Waals surface area contributed by atoms with Gasteiger partial charge in [0.05, 0.1) is 0 Å². The summed E-state index contributed by atoms with van der Waals surface area (Å²) in [5, 5.41) is 5.19. The fourth-order valence-corrected chi connectivity index (χ4v) is 3.31. The van der Waals surface area contributed by atoms with E-state index in [-0.39, 0.29) is 0 Å². The van der Waals surface area contributed by atoms with Gasteiger partial charge in [0.25, 0.3) is 5.71 Å². The summed E-state index contributed by atoms with van der Waals surface area (Å²) in [5.41, 5.74) is 3.65. The van der Waals surface area contributed by atoms with E-state index in [1.165, 1.54) is 24.8 Å². The first-order valence-corrected chi connectivity index (χ1v) is 8.18. The fraction of sp³-hybridized carbons (Fsp3) is 0.389. The molecule has 1 aliphatic heterocycles. The van der Waals surface area contributed by atoms with E-state index in [2.05, 4.69) is 58.1 Å². The zero-order valence-electron chi connectivity index (χ0n) is 13.5. The van der Waals surface area contributed by atoms with Crippen LogP contribution < -0.4 is 4.90 Å². The smallest absolute Gasteiger partial charge is 0.263 e. The molecule has 23 heavy (non-hydrogen) atoms. The molecule has 1 aliphatic rings. The van der Waals surface area contributed by atoms with Crippen molar-refractivity contribution in [2.24, 2.45) is 0 Å². The van der Waals surface area contributed by atoms with Gasteiger partial charge in [-0.1, -0.05) is 35.0 Å². The lowest BCUT2D eigenvalue weighted by Gasteiger charge is -2.34. The second kappa shape index (κ2) is 5.65. The number of hydrogen-bond donors (Lipinski definition) is 0. The molecule has 1 aromatic carbocycles. The second-order valence-corrected chi connectivity index (χ2v) is 6.31. The minimum absolute atomic E-state index is 0.475. The van der Waals surface area contributed by atoms with Gasteiger partial charge in [0.15, 0.2) is 0 Å². The normalized spacial score (nSPS) is 18.5. The van der Waals surface area contributed by atoms with Crippen molar-refractivity contribution in [1.29, 1.82) is 0 Å². The number of benzene rings is 1. The number of rotatable bonds is 2. The number of nitrogens with zero attached hydrogens (tertiary/aromatic N) is 4. The van der Waals surface area contributed by atoms with Crippen molar-refractivity contribution < 1.29 is 4.52 Å². The van der Waals surface area contributed by atoms with Crippen molar-refractivity contribution in [3.63, 3.8) is 0 Å². The molecule has 0 bridgehead atoms. The number of aromatic nitrogens is 3. The Morgan fingerprint density at radius 2 is 1.96 bits per heavy atom. The highest BCUT2D eigenvalue weighted by atomic mass is 16.5. The molecule has 3 heterocycles. The first kappa shape index (κ1) is 14.2. The maximum atomic E-state index is 5.47. The van der Waals surface area contributed by atoms with Gasteiger partial charge in [-0.15, -0.1) is 0 Å². The zero-order valence-corrected chi connectivity index (χ0v) is 13.5. The Balaban J connectivity index is 1.88. The molecule has 0 radical (unpaired) electrons. The Hall–Kier alpha value is -2.43. The zero-order chi connectivity index (χ0) is 15.8. The SMILES string of the molecule is Cc1ccc(-c2noc3ncnc(N4CCCC[C@@H]4C)c23)cc1. The van der Waals surface area contributed by atoms with Crippen LogP contribution in [-0.4, -0.2) is 27.7 Å². The molecule has 2 aromatic heterocycles. The molecule has 3 aromatic rings. The number of piperidine rings is 1. The molecule has 1 atom stereocenters. The molecule has 0 spiro atoms. The Labute approximate surface area is 135 Å². The number of hydrogen-bond acceptors (Lipinski definition) is 5. The highest BCUT2D eigenvalue weighted by Gasteiger charge is 2.25. The van der Waals surface area contributed by atoms with Crippen molar-refractivity contribution in [2.75, 3.05) is 11.4 Å². The maximum absolute atomic E-state index is 5.47. The lowest BCUT2D eigenvalue weighted by Crippen LogP contribution is -2.38. The molecular formula is C18H20N4O. The summed E-state index contributed by atoms with van der Waals surface area (Å²) in [6.07, 6.45) is 5.24. The van der Waals surface area contributed by atoms with E-state index >= 15 is 0 Å². The molecule has 1 saturated heterocycles. The molecule has 1 fully saturated rings. The number of fused-ring (bicyclic) bond motifs is 1. The quantitative estimate of drug-likeness (QED) is 0.717. The van der Waals surface area contributed by atoms with Gasteiger partial charge in [0.2, 0.25) is 0 Å². The summed E-state index contributed by atoms with van der Waals surface area (Å²) in [6, 6.07) is 8.79. The van der Waals surface area contributed by atoms with E-state index in [0.29, 0.717) is 11.8 Å². The molecule has 5 nitrogen and oxygen atoms in total. The van der Waals surface area contributed by atoms with Crippen LogP contribution in [0.4, 0.5) is 5.82 Å². The summed E-state index contributed by atoms with van der Waals surface area (Å²) in [7, 11) is 0. The monoisotopic (exact) mass is 308 g/mol. The minimum Gasteiger partial charge on any atom is -0.353 e. The van der Waals surface area contributed by atoms with Crippen LogP contribution >= 0.6 is 0 Å². The van der Waals surface area contributed by atoms with Gasteiger partial charge in [-0.3, -0.25) is 0 Å². The van der Waals surface area contributed by atoms with E-state index in [4.69, 9.17) is 4.52 Å². The highest BCUT2D eigenvalue weighted by molar-refractivity contribution is 5.98. The van der Waals surface area contributed by atoms with Crippen LogP contribution in [0.3, 0.4) is 0 Å². The third kappa shape index (κ3) is 2.46. The molecule has 0 amide bonds.